The Labute approximate surface area is 307 Å². The number of alkyl halides is 3. The number of carbonyl (C=O) groups is 2. The van der Waals surface area contributed by atoms with Gasteiger partial charge in [-0.15, -0.1) is 0 Å². The van der Waals surface area contributed by atoms with Crippen molar-refractivity contribution in [2.75, 3.05) is 26.2 Å². The molecule has 0 aliphatic carbocycles. The highest BCUT2D eigenvalue weighted by Crippen LogP contribution is 2.46. The second kappa shape index (κ2) is 20.2. The van der Waals surface area contributed by atoms with Gasteiger partial charge in [-0.3, -0.25) is 19.4 Å². The van der Waals surface area contributed by atoms with E-state index in [0.717, 1.165) is 55.2 Å². The van der Waals surface area contributed by atoms with E-state index in [4.69, 9.17) is 0 Å². The van der Waals surface area contributed by atoms with Crippen LogP contribution in [0.25, 0.3) is 0 Å². The van der Waals surface area contributed by atoms with Gasteiger partial charge in [0.05, 0.1) is 11.7 Å². The molecular weight excluding hydrogens is 669 g/mol. The van der Waals surface area contributed by atoms with Crippen LogP contribution in [-0.4, -0.2) is 69.4 Å². The molecule has 0 saturated carbocycles. The Morgan fingerprint density at radius 2 is 1.19 bits per heavy atom. The number of carboxylic acid groups (broad SMARTS) is 2. The minimum atomic E-state index is -4.78. The number of hydrogen-bond donors (Lipinski definition) is 3. The summed E-state index contributed by atoms with van der Waals surface area (Å²) in [7, 11) is 0. The molecule has 52 heavy (non-hydrogen) atoms. The topological polar surface area (TPSA) is 101 Å². The van der Waals surface area contributed by atoms with E-state index < -0.39 is 48.3 Å². The van der Waals surface area contributed by atoms with Gasteiger partial charge in [0.25, 0.3) is 0 Å². The molecule has 288 valence electrons. The molecule has 3 atom stereocenters. The Bertz CT molecular complexity index is 1430. The van der Waals surface area contributed by atoms with E-state index in [0.29, 0.717) is 26.1 Å². The van der Waals surface area contributed by atoms with Gasteiger partial charge in [0.2, 0.25) is 0 Å². The first-order valence-corrected chi connectivity index (χ1v) is 19.4. The maximum atomic E-state index is 13.5. The molecule has 0 amide bonds. The molecule has 2 fully saturated rings. The molecule has 0 bridgehead atoms. The van der Waals surface area contributed by atoms with E-state index >= 15 is 0 Å². The molecule has 4 rings (SSSR count). The van der Waals surface area contributed by atoms with E-state index in [1.54, 1.807) is 11.0 Å². The van der Waals surface area contributed by atoms with Crippen LogP contribution in [0.2, 0.25) is 0 Å². The van der Waals surface area contributed by atoms with Gasteiger partial charge in [0.15, 0.2) is 5.41 Å². The first-order chi connectivity index (χ1) is 24.9. The Morgan fingerprint density at radius 3 is 1.69 bits per heavy atom. The van der Waals surface area contributed by atoms with Gasteiger partial charge in [0.1, 0.15) is 0 Å². The highest BCUT2D eigenvalue weighted by atomic mass is 19.4. The smallest absolute Gasteiger partial charge is 0.406 e. The number of rotatable bonds is 22. The molecule has 0 aromatic heterocycles. The van der Waals surface area contributed by atoms with Gasteiger partial charge in [-0.05, 0) is 73.3 Å². The number of nitrogens with zero attached hydrogens (tertiary/aromatic N) is 2. The van der Waals surface area contributed by atoms with Crippen LogP contribution in [0.1, 0.15) is 113 Å². The van der Waals surface area contributed by atoms with Crippen LogP contribution in [0.5, 0.6) is 0 Å². The number of benzene rings is 2. The SMILES string of the molecule is CCCCCCCCCc1ccc(CN2CC(/C(O)=C\CCCCCCc3ccc(CN4CCC(C(=O)O)(C(F)(F)F)C4)cc3)[C@@H](C(=O)O)C2)cc1. The van der Waals surface area contributed by atoms with E-state index in [1.807, 2.05) is 24.3 Å². The molecular formula is C42H59F3N2O5. The molecule has 0 spiro atoms. The first kappa shape index (κ1) is 41.4. The van der Waals surface area contributed by atoms with Crippen molar-refractivity contribution in [3.63, 3.8) is 0 Å². The first-order valence-electron chi connectivity index (χ1n) is 19.4. The molecule has 2 unspecified atom stereocenters. The predicted octanol–water partition coefficient (Wildman–Crippen LogP) is 9.59. The third-order valence-corrected chi connectivity index (χ3v) is 11.1. The fourth-order valence-corrected chi connectivity index (χ4v) is 7.77. The van der Waals surface area contributed by atoms with Gasteiger partial charge in [0, 0.05) is 45.2 Å². The molecule has 2 saturated heterocycles. The molecule has 2 aromatic rings. The summed E-state index contributed by atoms with van der Waals surface area (Å²) in [5, 5.41) is 30.1. The maximum absolute atomic E-state index is 13.5. The van der Waals surface area contributed by atoms with E-state index in [-0.39, 0.29) is 18.8 Å². The Hall–Kier alpha value is -3.37. The number of aliphatic hydroxyl groups excluding tert-OH is 1. The fraction of sp³-hybridized carbons (Fsp3) is 0.619. The standard InChI is InChI=1S/C42H59F3N2O5/c1-2-3-4-5-6-8-11-14-33-19-23-35(24-20-33)28-47-29-36(37(30-47)39(49)50)38(48)16-13-10-7-9-12-15-32-17-21-34(22-18-32)27-46-26-25-41(31-46,40(51)52)42(43,44)45/h16-24,36-37,48H,2-15,25-31H2,1H3,(H,49,50)(H,51,52)/b38-16+/t36?,37-,41?/m0/s1. The zero-order valence-electron chi connectivity index (χ0n) is 30.9. The number of aliphatic hydroxyl groups is 1. The summed E-state index contributed by atoms with van der Waals surface area (Å²) in [6, 6.07) is 16.5. The molecule has 7 nitrogen and oxygen atoms in total. The van der Waals surface area contributed by atoms with E-state index in [9.17, 15) is 38.1 Å². The largest absolute Gasteiger partial charge is 0.512 e. The van der Waals surface area contributed by atoms with Crippen molar-refractivity contribution in [1.82, 2.24) is 9.80 Å². The summed E-state index contributed by atoms with van der Waals surface area (Å²) in [6.07, 6.45) is 12.2. The molecule has 0 radical (unpaired) electrons. The number of unbranched alkanes of at least 4 members (excludes halogenated alkanes) is 10. The highest BCUT2D eigenvalue weighted by Gasteiger charge is 2.63. The van der Waals surface area contributed by atoms with Crippen LogP contribution in [0.15, 0.2) is 60.4 Å². The molecule has 2 aliphatic rings. The fourth-order valence-electron chi connectivity index (χ4n) is 7.77. The van der Waals surface area contributed by atoms with Crippen molar-refractivity contribution >= 4 is 11.9 Å². The minimum Gasteiger partial charge on any atom is -0.512 e. The molecule has 10 heteroatoms. The van der Waals surface area contributed by atoms with Crippen molar-refractivity contribution in [3.8, 4) is 0 Å². The van der Waals surface area contributed by atoms with Crippen LogP contribution < -0.4 is 0 Å². The Kier molecular flexibility index (Phi) is 16.1. The molecule has 2 heterocycles. The van der Waals surface area contributed by atoms with Crippen molar-refractivity contribution in [2.24, 2.45) is 17.3 Å². The third-order valence-electron chi connectivity index (χ3n) is 11.1. The second-order valence-electron chi connectivity index (χ2n) is 15.2. The number of allylic oxidation sites excluding steroid dienone is 1. The van der Waals surface area contributed by atoms with Crippen LogP contribution in [0.3, 0.4) is 0 Å². The summed E-state index contributed by atoms with van der Waals surface area (Å²) in [4.78, 5) is 27.2. The van der Waals surface area contributed by atoms with Crippen molar-refractivity contribution in [3.05, 3.63) is 82.6 Å². The summed E-state index contributed by atoms with van der Waals surface area (Å²) in [5.74, 6) is -3.54. The molecule has 2 aromatic carbocycles. The van der Waals surface area contributed by atoms with E-state index in [2.05, 4.69) is 36.1 Å². The van der Waals surface area contributed by atoms with Crippen molar-refractivity contribution in [1.29, 1.82) is 0 Å². The summed E-state index contributed by atoms with van der Waals surface area (Å²) >= 11 is 0. The number of halogens is 3. The Balaban J connectivity index is 1.12. The number of aryl methyl sites for hydroxylation is 2. The average Bonchev–Trinajstić information content (AvgIpc) is 3.75. The lowest BCUT2D eigenvalue weighted by Crippen LogP contribution is -2.47. The Morgan fingerprint density at radius 1 is 0.712 bits per heavy atom. The third kappa shape index (κ3) is 12.1. The number of carboxylic acids is 2. The predicted molar refractivity (Wildman–Crippen MR) is 198 cm³/mol. The van der Waals surface area contributed by atoms with E-state index in [1.165, 1.54) is 50.5 Å². The lowest BCUT2D eigenvalue weighted by molar-refractivity contribution is -0.227. The van der Waals surface area contributed by atoms with Crippen LogP contribution >= 0.6 is 0 Å². The summed E-state index contributed by atoms with van der Waals surface area (Å²) in [6.45, 7) is 3.69. The number of likely N-dealkylation sites (tertiary alicyclic amines) is 2. The summed E-state index contributed by atoms with van der Waals surface area (Å²) < 4.78 is 40.4. The average molecular weight is 729 g/mol. The monoisotopic (exact) mass is 728 g/mol. The van der Waals surface area contributed by atoms with Crippen LogP contribution in [0.4, 0.5) is 13.2 Å². The second-order valence-corrected chi connectivity index (χ2v) is 15.2. The van der Waals surface area contributed by atoms with Gasteiger partial charge >= 0.3 is 18.1 Å². The molecule has 2 aliphatic heterocycles. The lowest BCUT2D eigenvalue weighted by atomic mass is 9.86. The van der Waals surface area contributed by atoms with Gasteiger partial charge in [-0.25, -0.2) is 0 Å². The normalized spacial score (nSPS) is 21.6. The molecule has 3 N–H and O–H groups in total. The van der Waals surface area contributed by atoms with Crippen LogP contribution in [-0.2, 0) is 35.5 Å². The minimum absolute atomic E-state index is 0.0914. The number of hydrogen-bond acceptors (Lipinski definition) is 5. The van der Waals surface area contributed by atoms with Crippen molar-refractivity contribution in [2.45, 2.75) is 123 Å². The summed E-state index contributed by atoms with van der Waals surface area (Å²) in [5.41, 5.74) is 1.81. The lowest BCUT2D eigenvalue weighted by Gasteiger charge is -2.27. The quantitative estimate of drug-likeness (QED) is 0.0820. The van der Waals surface area contributed by atoms with Crippen molar-refractivity contribution < 1.29 is 38.1 Å². The van der Waals surface area contributed by atoms with Gasteiger partial charge in [-0.2, -0.15) is 13.2 Å². The zero-order chi connectivity index (χ0) is 37.6. The van der Waals surface area contributed by atoms with Gasteiger partial charge < -0.3 is 15.3 Å². The van der Waals surface area contributed by atoms with Crippen LogP contribution in [0, 0.1) is 17.3 Å². The maximum Gasteiger partial charge on any atom is 0.406 e. The zero-order valence-corrected chi connectivity index (χ0v) is 30.9. The number of aliphatic carboxylic acids is 2. The highest BCUT2D eigenvalue weighted by molar-refractivity contribution is 5.76. The van der Waals surface area contributed by atoms with Gasteiger partial charge in [-0.1, -0.05) is 107 Å².